The van der Waals surface area contributed by atoms with Crippen molar-refractivity contribution in [1.82, 2.24) is 20.1 Å². The van der Waals surface area contributed by atoms with Gasteiger partial charge in [-0.3, -0.25) is 4.68 Å². The van der Waals surface area contributed by atoms with Crippen LogP contribution in [0.15, 0.2) is 30.7 Å². The minimum Gasteiger partial charge on any atom is -0.371 e. The lowest BCUT2D eigenvalue weighted by Crippen LogP contribution is -2.44. The number of nitrogens with zero attached hydrogens (tertiary/aromatic N) is 4. The summed E-state index contributed by atoms with van der Waals surface area (Å²) in [4.78, 5) is 19.4. The number of carbonyl (C=O) groups excluding carboxylic acids is 1. The molecule has 0 unspecified atom stereocenters. The van der Waals surface area contributed by atoms with Gasteiger partial charge in [0.2, 0.25) is 0 Å². The minimum atomic E-state index is -0.229. The smallest absolute Gasteiger partial charge is 0.319 e. The number of anilines is 2. The number of pyridine rings is 1. The molecular formula is C19H26N6O2. The molecule has 2 aromatic heterocycles. The maximum absolute atomic E-state index is 12.7. The van der Waals surface area contributed by atoms with Crippen LogP contribution < -0.4 is 15.5 Å². The highest BCUT2D eigenvalue weighted by Gasteiger charge is 2.30. The molecule has 2 aliphatic heterocycles. The number of aromatic nitrogens is 3. The molecular weight excluding hydrogens is 344 g/mol. The maximum atomic E-state index is 12.7. The first-order valence-corrected chi connectivity index (χ1v) is 9.58. The van der Waals surface area contributed by atoms with Gasteiger partial charge < -0.3 is 20.3 Å². The van der Waals surface area contributed by atoms with E-state index in [-0.39, 0.29) is 18.2 Å². The Morgan fingerprint density at radius 2 is 2.15 bits per heavy atom. The fraction of sp³-hybridized carbons (Fsp3) is 0.526. The van der Waals surface area contributed by atoms with E-state index >= 15 is 0 Å². The highest BCUT2D eigenvalue weighted by Crippen LogP contribution is 2.29. The molecule has 2 aromatic rings. The largest absolute Gasteiger partial charge is 0.371 e. The molecule has 2 aliphatic rings. The predicted molar refractivity (Wildman–Crippen MR) is 103 cm³/mol. The predicted octanol–water partition coefficient (Wildman–Crippen LogP) is 2.46. The van der Waals surface area contributed by atoms with Crippen LogP contribution in [-0.4, -0.2) is 46.5 Å². The number of ether oxygens (including phenoxy) is 1. The Morgan fingerprint density at radius 3 is 2.93 bits per heavy atom. The van der Waals surface area contributed by atoms with E-state index in [9.17, 15) is 4.79 Å². The van der Waals surface area contributed by atoms with Gasteiger partial charge in [-0.15, -0.1) is 0 Å². The number of hydrogen-bond donors (Lipinski definition) is 2. The molecule has 0 aromatic carbocycles. The van der Waals surface area contributed by atoms with Gasteiger partial charge in [-0.05, 0) is 37.8 Å². The van der Waals surface area contributed by atoms with Crippen molar-refractivity contribution < 1.29 is 9.53 Å². The van der Waals surface area contributed by atoms with Crippen molar-refractivity contribution >= 4 is 17.5 Å². The van der Waals surface area contributed by atoms with Gasteiger partial charge in [0.25, 0.3) is 0 Å². The van der Waals surface area contributed by atoms with E-state index in [4.69, 9.17) is 4.74 Å². The first-order valence-electron chi connectivity index (χ1n) is 9.58. The van der Waals surface area contributed by atoms with Gasteiger partial charge in [-0.1, -0.05) is 0 Å². The number of urea groups is 1. The Kier molecular flexibility index (Phi) is 5.24. The molecule has 8 heteroatoms. The van der Waals surface area contributed by atoms with Gasteiger partial charge in [0.15, 0.2) is 5.82 Å². The molecule has 4 rings (SSSR count). The van der Waals surface area contributed by atoms with Gasteiger partial charge in [0.1, 0.15) is 6.10 Å². The molecule has 0 radical (unpaired) electrons. The summed E-state index contributed by atoms with van der Waals surface area (Å²) in [6.07, 6.45) is 9.45. The third-order valence-corrected chi connectivity index (χ3v) is 5.13. The van der Waals surface area contributed by atoms with E-state index < -0.39 is 0 Å². The molecule has 2 saturated heterocycles. The highest BCUT2D eigenvalue weighted by molar-refractivity contribution is 5.92. The number of rotatable bonds is 4. The molecule has 8 nitrogen and oxygen atoms in total. The van der Waals surface area contributed by atoms with Gasteiger partial charge in [0.05, 0.1) is 17.9 Å². The Labute approximate surface area is 158 Å². The zero-order valence-electron chi connectivity index (χ0n) is 15.6. The zero-order chi connectivity index (χ0) is 18.6. The molecule has 2 N–H and O–H groups in total. The van der Waals surface area contributed by atoms with E-state index in [2.05, 4.69) is 25.6 Å². The van der Waals surface area contributed by atoms with Crippen LogP contribution in [0.5, 0.6) is 0 Å². The van der Waals surface area contributed by atoms with Crippen molar-refractivity contribution in [3.05, 3.63) is 36.3 Å². The van der Waals surface area contributed by atoms with Crippen LogP contribution in [0.2, 0.25) is 0 Å². The number of hydrogen-bond acceptors (Lipinski definition) is 5. The van der Waals surface area contributed by atoms with Gasteiger partial charge in [-0.2, -0.15) is 5.10 Å². The molecule has 2 atom stereocenters. The highest BCUT2D eigenvalue weighted by atomic mass is 16.5. The second kappa shape index (κ2) is 7.96. The van der Waals surface area contributed by atoms with Gasteiger partial charge >= 0.3 is 6.03 Å². The van der Waals surface area contributed by atoms with Gasteiger partial charge in [-0.25, -0.2) is 9.78 Å². The Morgan fingerprint density at radius 1 is 1.30 bits per heavy atom. The number of amides is 2. The lowest BCUT2D eigenvalue weighted by molar-refractivity contribution is -0.00700. The zero-order valence-corrected chi connectivity index (χ0v) is 15.6. The van der Waals surface area contributed by atoms with E-state index in [0.717, 1.165) is 55.8 Å². The summed E-state index contributed by atoms with van der Waals surface area (Å²) in [6, 6.07) is 3.43. The molecule has 144 valence electrons. The topological polar surface area (TPSA) is 84.3 Å². The Balaban J connectivity index is 1.44. The molecule has 0 saturated carbocycles. The quantitative estimate of drug-likeness (QED) is 0.864. The first-order chi connectivity index (χ1) is 13.2. The molecule has 4 heterocycles. The van der Waals surface area contributed by atoms with E-state index in [1.165, 1.54) is 0 Å². The second-order valence-electron chi connectivity index (χ2n) is 7.15. The number of aryl methyl sites for hydroxylation is 1. The third-order valence-electron chi connectivity index (χ3n) is 5.13. The molecule has 0 bridgehead atoms. The summed E-state index contributed by atoms with van der Waals surface area (Å²) in [5.74, 6) is 0.842. The third kappa shape index (κ3) is 4.05. The summed E-state index contributed by atoms with van der Waals surface area (Å²) in [5, 5.41) is 10.3. The first kappa shape index (κ1) is 17.8. The van der Waals surface area contributed by atoms with Crippen molar-refractivity contribution in [3.8, 4) is 0 Å². The summed E-state index contributed by atoms with van der Waals surface area (Å²) < 4.78 is 7.68. The molecule has 27 heavy (non-hydrogen) atoms. The molecule has 0 aliphatic carbocycles. The normalized spacial score (nSPS) is 22.6. The van der Waals surface area contributed by atoms with E-state index in [1.807, 2.05) is 25.4 Å². The van der Waals surface area contributed by atoms with Crippen LogP contribution in [0.25, 0.3) is 0 Å². The fourth-order valence-corrected chi connectivity index (χ4v) is 3.85. The van der Waals surface area contributed by atoms with Crippen molar-refractivity contribution in [3.63, 3.8) is 0 Å². The van der Waals surface area contributed by atoms with Crippen LogP contribution in [0.4, 0.5) is 16.3 Å². The lowest BCUT2D eigenvalue weighted by atomic mass is 9.98. The average Bonchev–Trinajstić information content (AvgIpc) is 3.34. The standard InChI is InChI=1S/C19H26N6O2/c1-24-13-14(12-21-24)17-15(7-5-11-27-17)22-19(26)23-16-6-4-8-20-18(16)25-9-2-3-10-25/h4,6,8,12-13,15,17H,2-3,5,7,9-11H2,1H3,(H2,22,23,26)/t15-,17+/m0/s1. The van der Waals surface area contributed by atoms with E-state index in [0.29, 0.717) is 6.61 Å². The van der Waals surface area contributed by atoms with Crippen molar-refractivity contribution in [2.24, 2.45) is 7.05 Å². The van der Waals surface area contributed by atoms with Crippen molar-refractivity contribution in [1.29, 1.82) is 0 Å². The summed E-state index contributed by atoms with van der Waals surface area (Å²) in [6.45, 7) is 2.65. The summed E-state index contributed by atoms with van der Waals surface area (Å²) in [5.41, 5.74) is 1.73. The van der Waals surface area contributed by atoms with E-state index in [1.54, 1.807) is 17.1 Å². The molecule has 0 spiro atoms. The van der Waals surface area contributed by atoms with Gasteiger partial charge in [0, 0.05) is 44.7 Å². The number of nitrogens with one attached hydrogen (secondary N) is 2. The van der Waals surface area contributed by atoms with Crippen molar-refractivity contribution in [2.75, 3.05) is 29.9 Å². The lowest BCUT2D eigenvalue weighted by Gasteiger charge is -2.32. The fourth-order valence-electron chi connectivity index (χ4n) is 3.85. The van der Waals surface area contributed by atoms with Crippen LogP contribution in [0, 0.1) is 0 Å². The van der Waals surface area contributed by atoms with Crippen LogP contribution in [-0.2, 0) is 11.8 Å². The molecule has 2 fully saturated rings. The van der Waals surface area contributed by atoms with Crippen LogP contribution in [0.1, 0.15) is 37.4 Å². The average molecular weight is 370 g/mol. The SMILES string of the molecule is Cn1cc([C@H]2OCCC[C@@H]2NC(=O)Nc2cccnc2N2CCCC2)cn1. The van der Waals surface area contributed by atoms with Crippen molar-refractivity contribution in [2.45, 2.75) is 37.8 Å². The Hall–Kier alpha value is -2.61. The van der Waals surface area contributed by atoms with Crippen LogP contribution >= 0.6 is 0 Å². The number of carbonyl (C=O) groups is 1. The monoisotopic (exact) mass is 370 g/mol. The maximum Gasteiger partial charge on any atom is 0.319 e. The minimum absolute atomic E-state index is 0.0881. The molecule has 2 amide bonds. The Bertz CT molecular complexity index is 786. The summed E-state index contributed by atoms with van der Waals surface area (Å²) in [7, 11) is 1.88. The summed E-state index contributed by atoms with van der Waals surface area (Å²) >= 11 is 0. The van der Waals surface area contributed by atoms with Crippen LogP contribution in [0.3, 0.4) is 0 Å². The second-order valence-corrected chi connectivity index (χ2v) is 7.15.